The minimum Gasteiger partial charge on any atom is -0.388 e. The molecule has 1 saturated carbocycles. The zero-order chi connectivity index (χ0) is 21.3. The van der Waals surface area contributed by atoms with Crippen LogP contribution < -0.4 is 11.2 Å². The summed E-state index contributed by atoms with van der Waals surface area (Å²) in [5, 5.41) is 4.28. The van der Waals surface area contributed by atoms with Crippen molar-refractivity contribution in [2.45, 2.75) is 18.8 Å². The van der Waals surface area contributed by atoms with Gasteiger partial charge < -0.3 is 5.32 Å². The van der Waals surface area contributed by atoms with Crippen LogP contribution in [-0.2, 0) is 4.79 Å². The van der Waals surface area contributed by atoms with Gasteiger partial charge >= 0.3 is 0 Å². The molecule has 0 unspecified atom stereocenters. The predicted octanol–water partition coefficient (Wildman–Crippen LogP) is 5.39. The van der Waals surface area contributed by atoms with E-state index in [9.17, 15) is 4.79 Å². The Morgan fingerprint density at radius 2 is 1.53 bits per heavy atom. The van der Waals surface area contributed by atoms with E-state index >= 15 is 0 Å². The summed E-state index contributed by atoms with van der Waals surface area (Å²) in [5.41, 5.74) is 7.76. The third kappa shape index (κ3) is 5.82. The maximum absolute atomic E-state index is 9.31. The Hall–Kier alpha value is -3.37. The summed E-state index contributed by atoms with van der Waals surface area (Å²) >= 11 is 0. The summed E-state index contributed by atoms with van der Waals surface area (Å²) in [4.78, 5) is 9.31. The van der Waals surface area contributed by atoms with Crippen LogP contribution >= 0.6 is 0 Å². The topological polar surface area (TPSA) is 58.4 Å². The van der Waals surface area contributed by atoms with Crippen LogP contribution in [0.5, 0.6) is 0 Å². The van der Waals surface area contributed by atoms with E-state index in [-0.39, 0.29) is 0 Å². The van der Waals surface area contributed by atoms with Gasteiger partial charge in [0.2, 0.25) is 6.41 Å². The molecule has 4 nitrogen and oxygen atoms in total. The van der Waals surface area contributed by atoms with Crippen molar-refractivity contribution < 1.29 is 4.79 Å². The second kappa shape index (κ2) is 10.4. The van der Waals surface area contributed by atoms with Gasteiger partial charge in [0.1, 0.15) is 0 Å². The van der Waals surface area contributed by atoms with Crippen molar-refractivity contribution in [2.75, 3.05) is 19.4 Å². The molecule has 0 saturated heterocycles. The van der Waals surface area contributed by atoms with Crippen LogP contribution in [0.4, 0.5) is 5.69 Å². The van der Waals surface area contributed by atoms with Crippen LogP contribution in [0.15, 0.2) is 72.8 Å². The second-order valence-electron chi connectivity index (χ2n) is 7.42. The van der Waals surface area contributed by atoms with Crippen LogP contribution in [0, 0.1) is 0 Å². The first-order chi connectivity index (χ1) is 14.6. The van der Waals surface area contributed by atoms with Gasteiger partial charge in [-0.3, -0.25) is 9.80 Å². The van der Waals surface area contributed by atoms with Gasteiger partial charge in [-0.15, -0.1) is 0 Å². The van der Waals surface area contributed by atoms with Gasteiger partial charge in [-0.25, -0.2) is 5.84 Å². The molecule has 0 aliphatic heterocycles. The molecule has 0 spiro atoms. The van der Waals surface area contributed by atoms with Gasteiger partial charge in [0.25, 0.3) is 0 Å². The number of rotatable bonds is 6. The van der Waals surface area contributed by atoms with Crippen molar-refractivity contribution >= 4 is 24.2 Å². The summed E-state index contributed by atoms with van der Waals surface area (Å²) in [6.07, 6.45) is 7.65. The molecule has 154 valence electrons. The Kier molecular flexibility index (Phi) is 7.41. The first-order valence-corrected chi connectivity index (χ1v) is 10.2. The molecule has 3 N–H and O–H groups in total. The molecule has 3 aromatic carbocycles. The SMILES string of the molecule is CN(N)C=O.CNc1cccc(C2CC2)c1/C=C/c1ccc(-c2ccccc2)cc1. The molecular weight excluding hydrogens is 370 g/mol. The van der Waals surface area contributed by atoms with Crippen LogP contribution in [0.1, 0.15) is 35.4 Å². The van der Waals surface area contributed by atoms with Gasteiger partial charge in [-0.1, -0.05) is 78.9 Å². The minimum absolute atomic E-state index is 0.528. The highest BCUT2D eigenvalue weighted by molar-refractivity contribution is 5.79. The van der Waals surface area contributed by atoms with E-state index in [1.54, 1.807) is 0 Å². The third-order valence-electron chi connectivity index (χ3n) is 5.05. The minimum atomic E-state index is 0.528. The van der Waals surface area contributed by atoms with E-state index in [0.29, 0.717) is 6.41 Å². The van der Waals surface area contributed by atoms with Crippen molar-refractivity contribution in [3.63, 3.8) is 0 Å². The van der Waals surface area contributed by atoms with E-state index < -0.39 is 0 Å². The van der Waals surface area contributed by atoms with E-state index in [2.05, 4.69) is 90.3 Å². The third-order valence-corrected chi connectivity index (χ3v) is 5.05. The lowest BCUT2D eigenvalue weighted by Crippen LogP contribution is -2.23. The van der Waals surface area contributed by atoms with Gasteiger partial charge in [-0.05, 0) is 47.1 Å². The van der Waals surface area contributed by atoms with E-state index in [0.717, 1.165) is 10.9 Å². The van der Waals surface area contributed by atoms with Crippen molar-refractivity contribution in [3.05, 3.63) is 89.5 Å². The number of nitrogens with zero attached hydrogens (tertiary/aromatic N) is 1. The summed E-state index contributed by atoms with van der Waals surface area (Å²) in [5.74, 6) is 5.50. The Balaban J connectivity index is 0.000000461. The highest BCUT2D eigenvalue weighted by atomic mass is 16.1. The Bertz CT molecular complexity index is 975. The molecule has 1 fully saturated rings. The summed E-state index contributed by atoms with van der Waals surface area (Å²) < 4.78 is 0. The standard InChI is InChI=1S/C24H23N.C2H6N2O/c1-25-24-9-5-8-22(21-15-16-21)23(24)17-12-18-10-13-20(14-11-18)19-6-3-2-4-7-19;1-4(3)2-5/h2-14,17,21,25H,15-16H2,1H3;2H,3H2,1H3/b17-12+;. The number of hydrazine groups is 1. The number of amides is 1. The molecule has 0 aromatic heterocycles. The Morgan fingerprint density at radius 1 is 0.900 bits per heavy atom. The number of anilines is 1. The molecule has 0 atom stereocenters. The van der Waals surface area contributed by atoms with Crippen molar-refractivity contribution in [2.24, 2.45) is 5.84 Å². The molecule has 1 aliphatic carbocycles. The number of hydrogen-bond donors (Lipinski definition) is 2. The number of nitrogens with two attached hydrogens (primary N) is 1. The van der Waals surface area contributed by atoms with Crippen molar-refractivity contribution in [1.82, 2.24) is 5.01 Å². The van der Waals surface area contributed by atoms with E-state index in [1.807, 2.05) is 7.05 Å². The maximum atomic E-state index is 9.31. The molecule has 30 heavy (non-hydrogen) atoms. The smallest absolute Gasteiger partial charge is 0.223 e. The van der Waals surface area contributed by atoms with E-state index in [1.165, 1.54) is 53.4 Å². The van der Waals surface area contributed by atoms with Crippen LogP contribution in [0.3, 0.4) is 0 Å². The lowest BCUT2D eigenvalue weighted by molar-refractivity contribution is -0.117. The second-order valence-corrected chi connectivity index (χ2v) is 7.42. The first-order valence-electron chi connectivity index (χ1n) is 10.2. The molecule has 4 rings (SSSR count). The molecular formula is C26H29N3O. The largest absolute Gasteiger partial charge is 0.388 e. The van der Waals surface area contributed by atoms with Gasteiger partial charge in [0.05, 0.1) is 0 Å². The van der Waals surface area contributed by atoms with Gasteiger partial charge in [0.15, 0.2) is 0 Å². The normalized spacial score (nSPS) is 12.8. The molecule has 0 bridgehead atoms. The predicted molar refractivity (Wildman–Crippen MR) is 127 cm³/mol. The first kappa shape index (κ1) is 21.3. The quantitative estimate of drug-likeness (QED) is 0.192. The van der Waals surface area contributed by atoms with Crippen LogP contribution in [-0.4, -0.2) is 25.5 Å². The zero-order valence-electron chi connectivity index (χ0n) is 17.6. The lowest BCUT2D eigenvalue weighted by Gasteiger charge is -2.11. The van der Waals surface area contributed by atoms with Crippen molar-refractivity contribution in [3.8, 4) is 11.1 Å². The number of benzene rings is 3. The molecule has 1 aliphatic rings. The summed E-state index contributed by atoms with van der Waals surface area (Å²) in [6.45, 7) is 0. The number of hydrogen-bond acceptors (Lipinski definition) is 3. The number of carbonyl (C=O) groups excluding carboxylic acids is 1. The zero-order valence-corrected chi connectivity index (χ0v) is 17.6. The highest BCUT2D eigenvalue weighted by Crippen LogP contribution is 2.43. The number of carbonyl (C=O) groups is 1. The highest BCUT2D eigenvalue weighted by Gasteiger charge is 2.26. The Labute approximate surface area is 179 Å². The average Bonchev–Trinajstić information content (AvgIpc) is 3.64. The fourth-order valence-electron chi connectivity index (χ4n) is 3.33. The summed E-state index contributed by atoms with van der Waals surface area (Å²) in [7, 11) is 3.46. The van der Waals surface area contributed by atoms with Crippen LogP contribution in [0.25, 0.3) is 23.3 Å². The maximum Gasteiger partial charge on any atom is 0.223 e. The monoisotopic (exact) mass is 399 g/mol. The molecule has 4 heteroatoms. The molecule has 1 amide bonds. The van der Waals surface area contributed by atoms with Crippen molar-refractivity contribution in [1.29, 1.82) is 0 Å². The fraction of sp³-hybridized carbons (Fsp3) is 0.192. The van der Waals surface area contributed by atoms with Gasteiger partial charge in [-0.2, -0.15) is 0 Å². The van der Waals surface area contributed by atoms with Crippen LogP contribution in [0.2, 0.25) is 0 Å². The van der Waals surface area contributed by atoms with Gasteiger partial charge in [0, 0.05) is 25.3 Å². The molecule has 0 radical (unpaired) electrons. The Morgan fingerprint density at radius 3 is 2.10 bits per heavy atom. The average molecular weight is 400 g/mol. The summed E-state index contributed by atoms with van der Waals surface area (Å²) in [6, 6.07) is 25.9. The fourth-order valence-corrected chi connectivity index (χ4v) is 3.33. The number of nitrogens with one attached hydrogen (secondary N) is 1. The molecule has 0 heterocycles. The molecule has 3 aromatic rings. The lowest BCUT2D eigenvalue weighted by atomic mass is 9.99. The van der Waals surface area contributed by atoms with E-state index in [4.69, 9.17) is 5.84 Å².